The van der Waals surface area contributed by atoms with E-state index >= 15 is 0 Å². The van der Waals surface area contributed by atoms with Gasteiger partial charge in [-0.15, -0.1) is 0 Å². The van der Waals surface area contributed by atoms with Crippen molar-refractivity contribution in [2.75, 3.05) is 23.3 Å². The Kier molecular flexibility index (Phi) is 7.41. The average molecular weight is 500 g/mol. The molecule has 1 heterocycles. The minimum atomic E-state index is 0.548. The zero-order valence-electron chi connectivity index (χ0n) is 17.8. The molecule has 0 bridgehead atoms. The van der Waals surface area contributed by atoms with Crippen LogP contribution in [0.25, 0.3) is 0 Å². The third-order valence-electron chi connectivity index (χ3n) is 5.63. The largest absolute Gasteiger partial charge is 0.489 e. The van der Waals surface area contributed by atoms with Gasteiger partial charge in [-0.3, -0.25) is 0 Å². The molecule has 0 atom stereocenters. The number of nitrogens with one attached hydrogen (secondary N) is 1. The minimum absolute atomic E-state index is 0.548. The zero-order chi connectivity index (χ0) is 21.6. The van der Waals surface area contributed by atoms with Crippen molar-refractivity contribution in [3.63, 3.8) is 0 Å². The van der Waals surface area contributed by atoms with Crippen LogP contribution in [-0.4, -0.2) is 13.1 Å². The van der Waals surface area contributed by atoms with Crippen molar-refractivity contribution in [2.45, 2.75) is 39.3 Å². The van der Waals surface area contributed by atoms with Gasteiger partial charge in [-0.1, -0.05) is 57.4 Å². The maximum atomic E-state index is 6.62. The van der Waals surface area contributed by atoms with E-state index in [1.165, 1.54) is 30.4 Å². The van der Waals surface area contributed by atoms with Crippen molar-refractivity contribution < 1.29 is 4.74 Å². The van der Waals surface area contributed by atoms with Crippen molar-refractivity contribution in [3.05, 3.63) is 86.8 Å². The molecule has 162 valence electrons. The van der Waals surface area contributed by atoms with Gasteiger partial charge in [0.2, 0.25) is 0 Å². The molecule has 1 fully saturated rings. The van der Waals surface area contributed by atoms with Gasteiger partial charge in [0.05, 0.1) is 10.7 Å². The summed E-state index contributed by atoms with van der Waals surface area (Å²) in [5, 5.41) is 4.31. The molecular weight excluding hydrogens is 472 g/mol. The Labute approximate surface area is 198 Å². The topological polar surface area (TPSA) is 24.5 Å². The summed E-state index contributed by atoms with van der Waals surface area (Å²) in [6, 6.07) is 20.8. The first-order valence-corrected chi connectivity index (χ1v) is 12.0. The molecule has 1 aliphatic rings. The molecule has 0 aromatic heterocycles. The van der Waals surface area contributed by atoms with E-state index in [0.717, 1.165) is 45.3 Å². The number of benzene rings is 3. The van der Waals surface area contributed by atoms with Gasteiger partial charge in [-0.25, -0.2) is 0 Å². The molecule has 1 N–H and O–H groups in total. The molecule has 4 rings (SSSR count). The first kappa shape index (κ1) is 22.0. The molecule has 0 radical (unpaired) electrons. The SMILES string of the molecule is Cc1cccc(COc2ccc(Br)cc2CNc2ccc(N3CCCCC3)c(Cl)c2)c1. The van der Waals surface area contributed by atoms with Crippen LogP contribution in [0.2, 0.25) is 5.02 Å². The first-order chi connectivity index (χ1) is 15.1. The van der Waals surface area contributed by atoms with E-state index in [9.17, 15) is 0 Å². The monoisotopic (exact) mass is 498 g/mol. The summed E-state index contributed by atoms with van der Waals surface area (Å²) >= 11 is 10.2. The van der Waals surface area contributed by atoms with Crippen LogP contribution >= 0.6 is 27.5 Å². The van der Waals surface area contributed by atoms with E-state index in [0.29, 0.717) is 13.2 Å². The lowest BCUT2D eigenvalue weighted by Gasteiger charge is -2.29. The molecule has 31 heavy (non-hydrogen) atoms. The second-order valence-electron chi connectivity index (χ2n) is 8.10. The lowest BCUT2D eigenvalue weighted by Crippen LogP contribution is -2.29. The Bertz CT molecular complexity index is 1030. The van der Waals surface area contributed by atoms with Gasteiger partial charge in [0, 0.05) is 35.4 Å². The van der Waals surface area contributed by atoms with Crippen LogP contribution in [0, 0.1) is 6.92 Å². The Hall–Kier alpha value is -2.17. The van der Waals surface area contributed by atoms with Crippen LogP contribution in [0.15, 0.2) is 65.1 Å². The molecular formula is C26H28BrClN2O. The van der Waals surface area contributed by atoms with Crippen molar-refractivity contribution >= 4 is 38.9 Å². The van der Waals surface area contributed by atoms with Gasteiger partial charge in [0.25, 0.3) is 0 Å². The number of piperidine rings is 1. The Morgan fingerprint density at radius 1 is 1.00 bits per heavy atom. The fourth-order valence-electron chi connectivity index (χ4n) is 4.00. The molecule has 0 spiro atoms. The van der Waals surface area contributed by atoms with Crippen LogP contribution in [0.1, 0.15) is 36.0 Å². The third-order valence-corrected chi connectivity index (χ3v) is 6.42. The Morgan fingerprint density at radius 3 is 2.61 bits per heavy atom. The molecule has 0 saturated carbocycles. The summed E-state index contributed by atoms with van der Waals surface area (Å²) < 4.78 is 7.18. The van der Waals surface area contributed by atoms with Gasteiger partial charge in [-0.2, -0.15) is 0 Å². The first-order valence-electron chi connectivity index (χ1n) is 10.8. The number of hydrogen-bond donors (Lipinski definition) is 1. The van der Waals surface area contributed by atoms with Gasteiger partial charge < -0.3 is 15.0 Å². The predicted molar refractivity (Wildman–Crippen MR) is 134 cm³/mol. The fraction of sp³-hybridized carbons (Fsp3) is 0.308. The molecule has 5 heteroatoms. The predicted octanol–water partition coefficient (Wildman–Crippen LogP) is 7.59. The highest BCUT2D eigenvalue weighted by molar-refractivity contribution is 9.10. The number of ether oxygens (including phenoxy) is 1. The maximum absolute atomic E-state index is 6.62. The summed E-state index contributed by atoms with van der Waals surface area (Å²) in [5.41, 5.74) is 5.65. The maximum Gasteiger partial charge on any atom is 0.124 e. The van der Waals surface area contributed by atoms with E-state index in [1.807, 2.05) is 18.2 Å². The smallest absolute Gasteiger partial charge is 0.124 e. The highest BCUT2D eigenvalue weighted by atomic mass is 79.9. The number of anilines is 2. The second-order valence-corrected chi connectivity index (χ2v) is 9.42. The quantitative estimate of drug-likeness (QED) is 0.362. The standard InChI is InChI=1S/C26H28BrClN2O/c1-19-6-5-7-20(14-19)18-31-26-11-8-22(27)15-21(26)17-29-23-9-10-25(24(28)16-23)30-12-3-2-4-13-30/h5-11,14-16,29H,2-4,12-13,17-18H2,1H3. The summed E-state index contributed by atoms with van der Waals surface area (Å²) in [4.78, 5) is 2.39. The molecule has 0 amide bonds. The van der Waals surface area contributed by atoms with Crippen LogP contribution < -0.4 is 15.0 Å². The highest BCUT2D eigenvalue weighted by Crippen LogP contribution is 2.32. The molecule has 3 nitrogen and oxygen atoms in total. The van der Waals surface area contributed by atoms with Gasteiger partial charge >= 0.3 is 0 Å². The summed E-state index contributed by atoms with van der Waals surface area (Å²) in [6.45, 7) is 5.48. The van der Waals surface area contributed by atoms with Crippen molar-refractivity contribution in [3.8, 4) is 5.75 Å². The van der Waals surface area contributed by atoms with Crippen LogP contribution in [-0.2, 0) is 13.2 Å². The molecule has 1 saturated heterocycles. The van der Waals surface area contributed by atoms with E-state index in [2.05, 4.69) is 75.5 Å². The molecule has 3 aromatic carbocycles. The van der Waals surface area contributed by atoms with Gasteiger partial charge in [0.1, 0.15) is 12.4 Å². The van der Waals surface area contributed by atoms with Crippen LogP contribution in [0.5, 0.6) is 5.75 Å². The van der Waals surface area contributed by atoms with Crippen LogP contribution in [0.4, 0.5) is 11.4 Å². The minimum Gasteiger partial charge on any atom is -0.489 e. The number of nitrogens with zero attached hydrogens (tertiary/aromatic N) is 1. The van der Waals surface area contributed by atoms with E-state index in [-0.39, 0.29) is 0 Å². The molecule has 1 aliphatic heterocycles. The van der Waals surface area contributed by atoms with E-state index < -0.39 is 0 Å². The Morgan fingerprint density at radius 2 is 1.84 bits per heavy atom. The number of halogens is 2. The normalized spacial score (nSPS) is 13.8. The molecule has 3 aromatic rings. The second kappa shape index (κ2) is 10.4. The summed E-state index contributed by atoms with van der Waals surface area (Å²) in [5.74, 6) is 0.883. The highest BCUT2D eigenvalue weighted by Gasteiger charge is 2.14. The lowest BCUT2D eigenvalue weighted by molar-refractivity contribution is 0.303. The van der Waals surface area contributed by atoms with Gasteiger partial charge in [0.15, 0.2) is 0 Å². The number of hydrogen-bond acceptors (Lipinski definition) is 3. The molecule has 0 unspecified atom stereocenters. The summed E-state index contributed by atoms with van der Waals surface area (Å²) in [6.07, 6.45) is 3.80. The van der Waals surface area contributed by atoms with E-state index in [4.69, 9.17) is 16.3 Å². The Balaban J connectivity index is 1.43. The van der Waals surface area contributed by atoms with Crippen molar-refractivity contribution in [1.82, 2.24) is 0 Å². The fourth-order valence-corrected chi connectivity index (χ4v) is 4.70. The zero-order valence-corrected chi connectivity index (χ0v) is 20.2. The third kappa shape index (κ3) is 5.96. The number of aryl methyl sites for hydroxylation is 1. The van der Waals surface area contributed by atoms with E-state index in [1.54, 1.807) is 0 Å². The van der Waals surface area contributed by atoms with Crippen molar-refractivity contribution in [2.24, 2.45) is 0 Å². The molecule has 0 aliphatic carbocycles. The summed E-state index contributed by atoms with van der Waals surface area (Å²) in [7, 11) is 0. The lowest BCUT2D eigenvalue weighted by atomic mass is 10.1. The average Bonchev–Trinajstić information content (AvgIpc) is 2.78. The van der Waals surface area contributed by atoms with Gasteiger partial charge in [-0.05, 0) is 68.1 Å². The van der Waals surface area contributed by atoms with Crippen LogP contribution in [0.3, 0.4) is 0 Å². The number of rotatable bonds is 7. The van der Waals surface area contributed by atoms with Crippen molar-refractivity contribution in [1.29, 1.82) is 0 Å².